The molecule has 4 aromatic rings. The number of halogens is 8. The van der Waals surface area contributed by atoms with Crippen molar-refractivity contribution in [3.63, 3.8) is 0 Å². The van der Waals surface area contributed by atoms with Crippen LogP contribution in [0.15, 0.2) is 47.0 Å². The third-order valence-corrected chi connectivity index (χ3v) is 5.83. The molecule has 0 saturated carbocycles. The van der Waals surface area contributed by atoms with Crippen molar-refractivity contribution in [1.82, 2.24) is 20.2 Å². The lowest BCUT2D eigenvalue weighted by atomic mass is 10.0. The predicted molar refractivity (Wildman–Crippen MR) is 117 cm³/mol. The van der Waals surface area contributed by atoms with Gasteiger partial charge in [-0.1, -0.05) is 45.7 Å². The van der Waals surface area contributed by atoms with Crippen LogP contribution in [0.5, 0.6) is 0 Å². The molecule has 2 aromatic heterocycles. The molecule has 0 amide bonds. The average Bonchev–Trinajstić information content (AvgIpc) is 3.41. The van der Waals surface area contributed by atoms with Crippen molar-refractivity contribution in [2.75, 3.05) is 0 Å². The summed E-state index contributed by atoms with van der Waals surface area (Å²) >= 11 is 12.4. The molecule has 0 aliphatic carbocycles. The highest BCUT2D eigenvalue weighted by Gasteiger charge is 2.37. The lowest BCUT2D eigenvalue weighted by molar-refractivity contribution is -0.143. The molecule has 0 saturated heterocycles. The maximum atomic E-state index is 13.3. The van der Waals surface area contributed by atoms with Crippen LogP contribution in [0.25, 0.3) is 11.3 Å². The molecule has 0 spiro atoms. The molecular weight excluding hydrogens is 553 g/mol. The molecule has 0 bridgehead atoms. The first-order chi connectivity index (χ1) is 17.3. The first-order valence-electron chi connectivity index (χ1n) is 10.1. The van der Waals surface area contributed by atoms with Gasteiger partial charge < -0.3 is 9.63 Å². The van der Waals surface area contributed by atoms with Gasteiger partial charge in [-0.3, -0.25) is 4.79 Å². The van der Waals surface area contributed by atoms with Crippen molar-refractivity contribution < 1.29 is 40.8 Å². The zero-order valence-corrected chi connectivity index (χ0v) is 19.5. The molecule has 0 aliphatic heterocycles. The number of aliphatic hydroxyl groups is 1. The van der Waals surface area contributed by atoms with Gasteiger partial charge in [-0.05, 0) is 35.9 Å². The number of rotatable bonds is 6. The summed E-state index contributed by atoms with van der Waals surface area (Å²) in [5, 5.41) is 20.3. The van der Waals surface area contributed by atoms with Gasteiger partial charge in [0, 0.05) is 5.56 Å². The minimum Gasteiger partial charge on any atom is -0.390 e. The quantitative estimate of drug-likeness (QED) is 0.226. The normalized spacial score (nSPS) is 12.2. The Kier molecular flexibility index (Phi) is 7.06. The topological polar surface area (TPSA) is 94.0 Å². The van der Waals surface area contributed by atoms with Gasteiger partial charge in [0.25, 0.3) is 0 Å². The van der Waals surface area contributed by atoms with Crippen LogP contribution in [-0.2, 0) is 25.5 Å². The van der Waals surface area contributed by atoms with E-state index in [4.69, 9.17) is 27.7 Å². The van der Waals surface area contributed by atoms with Gasteiger partial charge in [0.1, 0.15) is 5.69 Å². The van der Waals surface area contributed by atoms with E-state index in [9.17, 15) is 36.2 Å². The van der Waals surface area contributed by atoms with Gasteiger partial charge >= 0.3 is 12.4 Å². The molecule has 7 nitrogen and oxygen atoms in total. The predicted octanol–water partition coefficient (Wildman–Crippen LogP) is 6.05. The van der Waals surface area contributed by atoms with Crippen molar-refractivity contribution in [2.45, 2.75) is 25.5 Å². The third-order valence-electron chi connectivity index (χ3n) is 5.13. The van der Waals surface area contributed by atoms with E-state index in [-0.39, 0.29) is 33.7 Å². The fourth-order valence-electron chi connectivity index (χ4n) is 3.44. The Balaban J connectivity index is 1.74. The van der Waals surface area contributed by atoms with Gasteiger partial charge in [0.05, 0.1) is 34.9 Å². The van der Waals surface area contributed by atoms with Crippen molar-refractivity contribution in [2.24, 2.45) is 0 Å². The van der Waals surface area contributed by atoms with Gasteiger partial charge in [0.2, 0.25) is 5.78 Å². The maximum absolute atomic E-state index is 13.3. The summed E-state index contributed by atoms with van der Waals surface area (Å²) in [6.45, 7) is -1.38. The summed E-state index contributed by atoms with van der Waals surface area (Å²) in [6.07, 6.45) is -10.1. The maximum Gasteiger partial charge on any atom is 0.416 e. The number of carbonyl (C=O) groups excluding carboxylic acids is 1. The van der Waals surface area contributed by atoms with Crippen LogP contribution in [0.2, 0.25) is 10.2 Å². The lowest BCUT2D eigenvalue weighted by Crippen LogP contribution is -2.13. The smallest absolute Gasteiger partial charge is 0.390 e. The Hall–Kier alpha value is -3.42. The van der Waals surface area contributed by atoms with Crippen LogP contribution >= 0.6 is 23.2 Å². The van der Waals surface area contributed by atoms with E-state index in [0.717, 1.165) is 4.68 Å². The highest BCUT2D eigenvalue weighted by molar-refractivity contribution is 6.35. The molecule has 0 aliphatic rings. The van der Waals surface area contributed by atoms with Gasteiger partial charge in [-0.25, -0.2) is 4.68 Å². The highest BCUT2D eigenvalue weighted by atomic mass is 35.5. The van der Waals surface area contributed by atoms with E-state index >= 15 is 0 Å². The minimum atomic E-state index is -5.05. The van der Waals surface area contributed by atoms with Crippen molar-refractivity contribution >= 4 is 29.0 Å². The number of hydrogen-bond donors (Lipinski definition) is 1. The van der Waals surface area contributed by atoms with Crippen molar-refractivity contribution in [3.05, 3.63) is 86.3 Å². The highest BCUT2D eigenvalue weighted by Crippen LogP contribution is 2.37. The van der Waals surface area contributed by atoms with E-state index < -0.39 is 58.8 Å². The second-order valence-corrected chi connectivity index (χ2v) is 8.37. The second-order valence-electron chi connectivity index (χ2n) is 7.60. The second kappa shape index (κ2) is 9.80. The van der Waals surface area contributed by atoms with Crippen LogP contribution in [-0.4, -0.2) is 31.0 Å². The van der Waals surface area contributed by atoms with Crippen LogP contribution < -0.4 is 0 Å². The van der Waals surface area contributed by atoms with E-state index in [1.807, 2.05) is 0 Å². The number of ketones is 1. The molecule has 2 heterocycles. The zero-order valence-electron chi connectivity index (χ0n) is 18.0. The summed E-state index contributed by atoms with van der Waals surface area (Å²) in [6, 6.07) is 7.26. The first-order valence-corrected chi connectivity index (χ1v) is 10.8. The Bertz CT molecular complexity index is 1450. The fourth-order valence-corrected chi connectivity index (χ4v) is 3.88. The van der Waals surface area contributed by atoms with E-state index in [1.54, 1.807) is 12.1 Å². The Morgan fingerprint density at radius 1 is 1.00 bits per heavy atom. The number of aliphatic hydroxyl groups excluding tert-OH is 1. The molecule has 4 rings (SSSR count). The van der Waals surface area contributed by atoms with Crippen LogP contribution in [0.4, 0.5) is 26.3 Å². The fraction of sp³-hybridized carbons (Fsp3) is 0.182. The monoisotopic (exact) mass is 564 g/mol. The Morgan fingerprint density at radius 2 is 1.62 bits per heavy atom. The number of aromatic nitrogens is 4. The molecule has 0 fully saturated rings. The Labute approximate surface area is 213 Å². The molecule has 194 valence electrons. The van der Waals surface area contributed by atoms with Gasteiger partial charge in [0.15, 0.2) is 16.6 Å². The zero-order chi connectivity index (χ0) is 27.1. The molecule has 0 atom stereocenters. The van der Waals surface area contributed by atoms with E-state index in [0.29, 0.717) is 12.1 Å². The standard InChI is InChI=1S/C22H12Cl2F6N4O3/c23-14-4-2-1-3-13(14)19-16(15(9-35)32-37-19)18(36)17-20(24)34(33-31-17)8-10-5-11(21(25,26)27)7-12(6-10)22(28,29)30/h1-7,35H,8-9H2. The summed E-state index contributed by atoms with van der Waals surface area (Å²) < 4.78 is 85.0. The van der Waals surface area contributed by atoms with E-state index in [2.05, 4.69) is 15.5 Å². The number of hydrogen-bond acceptors (Lipinski definition) is 6. The minimum absolute atomic E-state index is 0.0139. The molecular formula is C22H12Cl2F6N4O3. The first kappa shape index (κ1) is 26.6. The van der Waals surface area contributed by atoms with E-state index in [1.165, 1.54) is 12.1 Å². The molecule has 2 aromatic carbocycles. The molecule has 15 heteroatoms. The van der Waals surface area contributed by atoms with Crippen LogP contribution in [0.1, 0.15) is 38.4 Å². The summed E-state index contributed by atoms with van der Waals surface area (Å²) in [7, 11) is 0. The van der Waals surface area contributed by atoms with Crippen molar-refractivity contribution in [1.29, 1.82) is 0 Å². The molecule has 37 heavy (non-hydrogen) atoms. The summed E-state index contributed by atoms with van der Waals surface area (Å²) in [5.41, 5.74) is -4.16. The van der Waals surface area contributed by atoms with Crippen LogP contribution in [0.3, 0.4) is 0 Å². The molecule has 0 unspecified atom stereocenters. The average molecular weight is 565 g/mol. The molecule has 0 radical (unpaired) electrons. The SMILES string of the molecule is O=C(c1nnn(Cc2cc(C(F)(F)F)cc(C(F)(F)F)c2)c1Cl)c1c(CO)noc1-c1ccccc1Cl. The van der Waals surface area contributed by atoms with Crippen molar-refractivity contribution in [3.8, 4) is 11.3 Å². The Morgan fingerprint density at radius 3 is 2.19 bits per heavy atom. The van der Waals surface area contributed by atoms with Crippen LogP contribution in [0, 0.1) is 0 Å². The largest absolute Gasteiger partial charge is 0.416 e. The third kappa shape index (κ3) is 5.33. The van der Waals surface area contributed by atoms with Gasteiger partial charge in [-0.15, -0.1) is 5.10 Å². The lowest BCUT2D eigenvalue weighted by Gasteiger charge is -2.14. The number of nitrogens with zero attached hydrogens (tertiary/aromatic N) is 4. The molecule has 1 N–H and O–H groups in total. The summed E-state index contributed by atoms with van der Waals surface area (Å²) in [4.78, 5) is 13.3. The number of carbonyl (C=O) groups is 1. The number of alkyl halides is 6. The summed E-state index contributed by atoms with van der Waals surface area (Å²) in [5.74, 6) is -1.03. The number of benzene rings is 2. The van der Waals surface area contributed by atoms with Gasteiger partial charge in [-0.2, -0.15) is 26.3 Å².